The van der Waals surface area contributed by atoms with Crippen molar-refractivity contribution >= 4 is 53.4 Å². The molecule has 0 amide bonds. The molecule has 250 valence electrons. The molecule has 3 aromatic heterocycles. The van der Waals surface area contributed by atoms with Crippen LogP contribution in [0.25, 0.3) is 92.7 Å². The molecule has 0 spiro atoms. The monoisotopic (exact) mass is 695 g/mol. The summed E-state index contributed by atoms with van der Waals surface area (Å²) in [5.41, 5.74) is 13.6. The maximum Gasteiger partial charge on any atom is 0.160 e. The van der Waals surface area contributed by atoms with E-state index in [0.717, 1.165) is 44.7 Å². The van der Waals surface area contributed by atoms with Gasteiger partial charge in [0.25, 0.3) is 0 Å². The van der Waals surface area contributed by atoms with E-state index < -0.39 is 0 Å². The Hall–Kier alpha value is -6.36. The van der Waals surface area contributed by atoms with Crippen molar-refractivity contribution in [1.29, 1.82) is 0 Å². The zero-order valence-corrected chi connectivity index (χ0v) is 30.2. The highest BCUT2D eigenvalue weighted by Gasteiger charge is 2.36. The number of para-hydroxylation sites is 2. The molecule has 7 aromatic carbocycles. The van der Waals surface area contributed by atoms with Crippen LogP contribution in [-0.4, -0.2) is 14.5 Å². The molecule has 0 bridgehead atoms. The topological polar surface area (TPSA) is 30.7 Å². The lowest BCUT2D eigenvalue weighted by molar-refractivity contribution is 0.630. The van der Waals surface area contributed by atoms with Gasteiger partial charge < -0.3 is 4.57 Å². The predicted molar refractivity (Wildman–Crippen MR) is 223 cm³/mol. The van der Waals surface area contributed by atoms with Crippen molar-refractivity contribution in [3.63, 3.8) is 0 Å². The van der Waals surface area contributed by atoms with E-state index in [1.165, 1.54) is 59.1 Å². The number of thiophene rings is 1. The van der Waals surface area contributed by atoms with Crippen molar-refractivity contribution in [3.05, 3.63) is 175 Å². The molecule has 0 aliphatic carbocycles. The maximum atomic E-state index is 5.44. The molecule has 53 heavy (non-hydrogen) atoms. The first kappa shape index (κ1) is 30.3. The number of hydrogen-bond donors (Lipinski definition) is 0. The number of aromatic nitrogens is 3. The van der Waals surface area contributed by atoms with Crippen LogP contribution in [0.2, 0.25) is 0 Å². The third-order valence-corrected chi connectivity index (χ3v) is 12.3. The second-order valence-electron chi connectivity index (χ2n) is 14.6. The number of rotatable bonds is 4. The van der Waals surface area contributed by atoms with Gasteiger partial charge in [-0.1, -0.05) is 129 Å². The second-order valence-corrected chi connectivity index (χ2v) is 15.6. The quantitative estimate of drug-likeness (QED) is 0.183. The maximum absolute atomic E-state index is 5.44. The lowest BCUT2D eigenvalue weighted by Gasteiger charge is -2.35. The van der Waals surface area contributed by atoms with Crippen LogP contribution in [-0.2, 0) is 5.41 Å². The molecule has 4 heterocycles. The minimum absolute atomic E-state index is 0.231. The van der Waals surface area contributed by atoms with E-state index >= 15 is 0 Å². The summed E-state index contributed by atoms with van der Waals surface area (Å²) in [5.74, 6) is 0.729. The van der Waals surface area contributed by atoms with Gasteiger partial charge in [0, 0.05) is 42.8 Å². The SMILES string of the molecule is CC1(C)c2cc(-c3nc(-c4cc(-c5ccccc5)cc(-c5ccccc5)c4)c4ccccc4n3)ccc2-n2c3sc4ccccc4c3c3cccc1c32. The Bertz CT molecular complexity index is 3020. The van der Waals surface area contributed by atoms with E-state index in [1.807, 2.05) is 11.3 Å². The van der Waals surface area contributed by atoms with Gasteiger partial charge in [-0.05, 0) is 81.9 Å². The fourth-order valence-electron chi connectivity index (χ4n) is 8.57. The van der Waals surface area contributed by atoms with Gasteiger partial charge >= 0.3 is 0 Å². The lowest BCUT2D eigenvalue weighted by Crippen LogP contribution is -2.26. The highest BCUT2D eigenvalue weighted by Crippen LogP contribution is 2.51. The standard InChI is InChI=1S/C49H33N3S/c1-49(2)39-21-13-20-38-44-37-19-10-12-23-43(37)53-48(44)52(46(38)39)42-25-24-32(29-40(42)49)47-50-41-22-11-9-18-36(41)45(51-47)35-27-33(30-14-5-3-6-15-30)26-34(28-35)31-16-7-4-8-17-31/h3-29H,1-2H3. The molecule has 1 aliphatic rings. The molecular formula is C49H33N3S. The Kier molecular flexibility index (Phi) is 6.47. The van der Waals surface area contributed by atoms with E-state index in [1.54, 1.807) is 0 Å². The number of hydrogen-bond acceptors (Lipinski definition) is 3. The van der Waals surface area contributed by atoms with E-state index in [9.17, 15) is 0 Å². The van der Waals surface area contributed by atoms with Crippen molar-refractivity contribution in [2.24, 2.45) is 0 Å². The first-order valence-corrected chi connectivity index (χ1v) is 19.0. The summed E-state index contributed by atoms with van der Waals surface area (Å²) in [7, 11) is 0. The molecule has 3 nitrogen and oxygen atoms in total. The van der Waals surface area contributed by atoms with Crippen LogP contribution in [0.3, 0.4) is 0 Å². The molecule has 0 saturated carbocycles. The zero-order valence-electron chi connectivity index (χ0n) is 29.3. The first-order valence-electron chi connectivity index (χ1n) is 18.2. The van der Waals surface area contributed by atoms with Gasteiger partial charge in [-0.25, -0.2) is 9.97 Å². The number of nitrogens with zero attached hydrogens (tertiary/aromatic N) is 3. The molecule has 10 aromatic rings. The summed E-state index contributed by atoms with van der Waals surface area (Å²) in [6, 6.07) is 59.0. The molecule has 0 fully saturated rings. The van der Waals surface area contributed by atoms with Gasteiger partial charge in [0.1, 0.15) is 4.83 Å². The molecule has 0 saturated heterocycles. The fourth-order valence-corrected chi connectivity index (χ4v) is 9.81. The van der Waals surface area contributed by atoms with Crippen LogP contribution < -0.4 is 0 Å². The van der Waals surface area contributed by atoms with Crippen LogP contribution in [0, 0.1) is 0 Å². The lowest BCUT2D eigenvalue weighted by atomic mass is 9.74. The van der Waals surface area contributed by atoms with Gasteiger partial charge in [-0.15, -0.1) is 11.3 Å². The van der Waals surface area contributed by atoms with Gasteiger partial charge in [-0.2, -0.15) is 0 Å². The van der Waals surface area contributed by atoms with Crippen LogP contribution in [0.5, 0.6) is 0 Å². The molecule has 4 heteroatoms. The average molecular weight is 696 g/mol. The molecular weight excluding hydrogens is 663 g/mol. The summed E-state index contributed by atoms with van der Waals surface area (Å²) >= 11 is 1.88. The predicted octanol–water partition coefficient (Wildman–Crippen LogP) is 13.2. The minimum Gasteiger partial charge on any atom is -0.300 e. The molecule has 1 aliphatic heterocycles. The van der Waals surface area contributed by atoms with E-state index in [4.69, 9.17) is 9.97 Å². The number of benzene rings is 7. The van der Waals surface area contributed by atoms with Crippen molar-refractivity contribution in [2.75, 3.05) is 0 Å². The van der Waals surface area contributed by atoms with E-state index in [0.29, 0.717) is 0 Å². The Balaban J connectivity index is 1.14. The van der Waals surface area contributed by atoms with Crippen molar-refractivity contribution in [2.45, 2.75) is 19.3 Å². The highest BCUT2D eigenvalue weighted by atomic mass is 32.1. The Morgan fingerprint density at radius 3 is 1.89 bits per heavy atom. The van der Waals surface area contributed by atoms with E-state index in [2.05, 4.69) is 182 Å². The highest BCUT2D eigenvalue weighted by molar-refractivity contribution is 7.25. The average Bonchev–Trinajstić information content (AvgIpc) is 3.75. The zero-order chi connectivity index (χ0) is 35.3. The van der Waals surface area contributed by atoms with Gasteiger partial charge in [0.05, 0.1) is 22.4 Å². The van der Waals surface area contributed by atoms with Crippen molar-refractivity contribution in [3.8, 4) is 50.6 Å². The summed E-state index contributed by atoms with van der Waals surface area (Å²) in [5, 5.41) is 5.04. The Labute approximate surface area is 311 Å². The fraction of sp³-hybridized carbons (Fsp3) is 0.0612. The van der Waals surface area contributed by atoms with Crippen LogP contribution in [0.4, 0.5) is 0 Å². The third-order valence-electron chi connectivity index (χ3n) is 11.2. The first-order chi connectivity index (χ1) is 26.0. The summed E-state index contributed by atoms with van der Waals surface area (Å²) < 4.78 is 3.84. The summed E-state index contributed by atoms with van der Waals surface area (Å²) in [4.78, 5) is 12.0. The van der Waals surface area contributed by atoms with Gasteiger partial charge in [0.2, 0.25) is 0 Å². The smallest absolute Gasteiger partial charge is 0.160 e. The van der Waals surface area contributed by atoms with Crippen molar-refractivity contribution in [1.82, 2.24) is 14.5 Å². The molecule has 0 unspecified atom stereocenters. The number of fused-ring (bicyclic) bond motifs is 8. The molecule has 0 N–H and O–H groups in total. The molecule has 11 rings (SSSR count). The summed E-state index contributed by atoms with van der Waals surface area (Å²) in [6.07, 6.45) is 0. The molecule has 0 atom stereocenters. The normalized spacial score (nSPS) is 13.2. The third kappa shape index (κ3) is 4.52. The minimum atomic E-state index is -0.231. The van der Waals surface area contributed by atoms with Crippen molar-refractivity contribution < 1.29 is 0 Å². The second kappa shape index (κ2) is 11.3. The summed E-state index contributed by atoms with van der Waals surface area (Å²) in [6.45, 7) is 4.72. The largest absolute Gasteiger partial charge is 0.300 e. The van der Waals surface area contributed by atoms with Crippen LogP contribution in [0.1, 0.15) is 25.0 Å². The Morgan fingerprint density at radius 1 is 0.491 bits per heavy atom. The van der Waals surface area contributed by atoms with Crippen LogP contribution in [0.15, 0.2) is 164 Å². The molecule has 0 radical (unpaired) electrons. The van der Waals surface area contributed by atoms with E-state index in [-0.39, 0.29) is 5.41 Å². The Morgan fingerprint density at radius 2 is 1.13 bits per heavy atom. The van der Waals surface area contributed by atoms with Gasteiger partial charge in [-0.3, -0.25) is 0 Å². The van der Waals surface area contributed by atoms with Crippen LogP contribution >= 0.6 is 11.3 Å². The van der Waals surface area contributed by atoms with Gasteiger partial charge in [0.15, 0.2) is 5.82 Å².